The number of fused-ring (bicyclic) bond motifs is 1. The fourth-order valence-corrected chi connectivity index (χ4v) is 3.18. The van der Waals surface area contributed by atoms with Gasteiger partial charge >= 0.3 is 0 Å². The summed E-state index contributed by atoms with van der Waals surface area (Å²) in [5.74, 6) is 0.718. The highest BCUT2D eigenvalue weighted by Crippen LogP contribution is 2.19. The number of thiophene rings is 1. The largest absolute Gasteiger partial charge is 0.491 e. The van der Waals surface area contributed by atoms with Gasteiger partial charge in [0.1, 0.15) is 23.3 Å². The normalized spacial score (nSPS) is 12.2. The van der Waals surface area contributed by atoms with Crippen molar-refractivity contribution in [2.45, 2.75) is 19.1 Å². The van der Waals surface area contributed by atoms with E-state index in [4.69, 9.17) is 4.74 Å². The maximum Gasteiger partial charge on any atom is 0.262 e. The van der Waals surface area contributed by atoms with Crippen molar-refractivity contribution in [2.24, 2.45) is 0 Å². The van der Waals surface area contributed by atoms with Crippen LogP contribution in [0.4, 0.5) is 0 Å². The number of aliphatic hydroxyl groups excluding tert-OH is 1. The minimum Gasteiger partial charge on any atom is -0.491 e. The molecule has 1 atom stereocenters. The molecule has 0 aliphatic rings. The van der Waals surface area contributed by atoms with Gasteiger partial charge in [-0.1, -0.05) is 24.3 Å². The van der Waals surface area contributed by atoms with Gasteiger partial charge in [-0.3, -0.25) is 9.36 Å². The van der Waals surface area contributed by atoms with Crippen molar-refractivity contribution in [3.8, 4) is 5.75 Å². The van der Waals surface area contributed by atoms with Crippen molar-refractivity contribution in [2.75, 3.05) is 6.61 Å². The summed E-state index contributed by atoms with van der Waals surface area (Å²) in [6.07, 6.45) is 3.16. The highest BCUT2D eigenvalue weighted by Gasteiger charge is 2.11. The highest BCUT2D eigenvalue weighted by molar-refractivity contribution is 7.16. The van der Waals surface area contributed by atoms with E-state index in [1.54, 1.807) is 12.1 Å². The molecule has 0 radical (unpaired) electrons. The second-order valence-electron chi connectivity index (χ2n) is 5.41. The summed E-state index contributed by atoms with van der Waals surface area (Å²) in [5, 5.41) is 12.6. The molecule has 0 unspecified atom stereocenters. The van der Waals surface area contributed by atoms with Gasteiger partial charge in [-0.05, 0) is 29.5 Å². The van der Waals surface area contributed by atoms with Crippen molar-refractivity contribution in [3.05, 3.63) is 70.6 Å². The summed E-state index contributed by atoms with van der Waals surface area (Å²) in [4.78, 5) is 17.2. The molecule has 1 aromatic carbocycles. The van der Waals surface area contributed by atoms with E-state index in [0.717, 1.165) is 11.3 Å². The van der Waals surface area contributed by atoms with Crippen molar-refractivity contribution < 1.29 is 9.84 Å². The molecule has 24 heavy (non-hydrogen) atoms. The highest BCUT2D eigenvalue weighted by atomic mass is 32.1. The summed E-state index contributed by atoms with van der Waals surface area (Å²) in [7, 11) is 0. The molecule has 2 heterocycles. The van der Waals surface area contributed by atoms with E-state index in [9.17, 15) is 9.90 Å². The fourth-order valence-electron chi connectivity index (χ4n) is 2.46. The molecule has 0 fully saturated rings. The SMILES string of the molecule is C=CCc1ccccc1OC[C@H](O)Cn1cnc2sccc2c1=O. The summed E-state index contributed by atoms with van der Waals surface area (Å²) in [6.45, 7) is 3.97. The molecule has 2 aromatic heterocycles. The summed E-state index contributed by atoms with van der Waals surface area (Å²) >= 11 is 1.42. The van der Waals surface area contributed by atoms with Crippen molar-refractivity contribution >= 4 is 21.6 Å². The van der Waals surface area contributed by atoms with Gasteiger partial charge in [0.25, 0.3) is 5.56 Å². The minimum absolute atomic E-state index is 0.0995. The van der Waals surface area contributed by atoms with E-state index in [-0.39, 0.29) is 18.7 Å². The lowest BCUT2D eigenvalue weighted by atomic mass is 10.1. The molecular formula is C18H18N2O3S. The molecule has 0 amide bonds. The summed E-state index contributed by atoms with van der Waals surface area (Å²) in [6, 6.07) is 9.38. The van der Waals surface area contributed by atoms with E-state index in [0.29, 0.717) is 16.6 Å². The van der Waals surface area contributed by atoms with Gasteiger partial charge in [0, 0.05) is 0 Å². The van der Waals surface area contributed by atoms with Gasteiger partial charge in [0.2, 0.25) is 0 Å². The Balaban J connectivity index is 1.67. The first-order valence-corrected chi connectivity index (χ1v) is 8.49. The Kier molecular flexibility index (Phi) is 5.08. The topological polar surface area (TPSA) is 64.3 Å². The lowest BCUT2D eigenvalue weighted by Gasteiger charge is -2.15. The zero-order valence-electron chi connectivity index (χ0n) is 13.1. The third-order valence-corrected chi connectivity index (χ3v) is 4.45. The van der Waals surface area contributed by atoms with Crippen LogP contribution in [0.15, 0.2) is 59.5 Å². The number of benzene rings is 1. The zero-order chi connectivity index (χ0) is 16.9. The number of hydrogen-bond acceptors (Lipinski definition) is 5. The molecular weight excluding hydrogens is 324 g/mol. The second kappa shape index (κ2) is 7.42. The van der Waals surface area contributed by atoms with Gasteiger partial charge in [0.05, 0.1) is 18.3 Å². The maximum atomic E-state index is 12.3. The third kappa shape index (κ3) is 3.55. The van der Waals surface area contributed by atoms with Crippen LogP contribution in [0.2, 0.25) is 0 Å². The number of rotatable bonds is 7. The lowest BCUT2D eigenvalue weighted by molar-refractivity contribution is 0.0911. The Bertz CT molecular complexity index is 900. The van der Waals surface area contributed by atoms with Crippen molar-refractivity contribution in [3.63, 3.8) is 0 Å². The maximum absolute atomic E-state index is 12.3. The first-order valence-electron chi connectivity index (χ1n) is 7.61. The van der Waals surface area contributed by atoms with E-state index in [1.807, 2.05) is 29.6 Å². The number of aromatic nitrogens is 2. The molecule has 3 aromatic rings. The van der Waals surface area contributed by atoms with Gasteiger partial charge < -0.3 is 9.84 Å². The molecule has 0 spiro atoms. The first-order chi connectivity index (χ1) is 11.7. The Hall–Kier alpha value is -2.44. The smallest absolute Gasteiger partial charge is 0.262 e. The van der Waals surface area contributed by atoms with Crippen LogP contribution >= 0.6 is 11.3 Å². The van der Waals surface area contributed by atoms with Crippen LogP contribution in [0.1, 0.15) is 5.56 Å². The Morgan fingerprint density at radius 1 is 1.38 bits per heavy atom. The Labute approximate surface area is 143 Å². The monoisotopic (exact) mass is 342 g/mol. The van der Waals surface area contributed by atoms with Gasteiger partial charge in [0.15, 0.2) is 0 Å². The number of para-hydroxylation sites is 1. The number of nitrogens with zero attached hydrogens (tertiary/aromatic N) is 2. The van der Waals surface area contributed by atoms with Gasteiger partial charge in [-0.2, -0.15) is 0 Å². The Morgan fingerprint density at radius 3 is 3.04 bits per heavy atom. The molecule has 1 N–H and O–H groups in total. The van der Waals surface area contributed by atoms with Gasteiger partial charge in [-0.25, -0.2) is 4.98 Å². The molecule has 0 saturated heterocycles. The van der Waals surface area contributed by atoms with Crippen LogP contribution in [0, 0.1) is 0 Å². The predicted molar refractivity (Wildman–Crippen MR) is 95.7 cm³/mol. The fraction of sp³-hybridized carbons (Fsp3) is 0.222. The van der Waals surface area contributed by atoms with Crippen LogP contribution in [-0.2, 0) is 13.0 Å². The van der Waals surface area contributed by atoms with Crippen LogP contribution in [0.3, 0.4) is 0 Å². The van der Waals surface area contributed by atoms with Crippen molar-refractivity contribution in [1.29, 1.82) is 0 Å². The molecule has 6 heteroatoms. The van der Waals surface area contributed by atoms with Crippen molar-refractivity contribution in [1.82, 2.24) is 9.55 Å². The van der Waals surface area contributed by atoms with E-state index in [1.165, 1.54) is 22.2 Å². The molecule has 0 saturated carbocycles. The van der Waals surface area contributed by atoms with Crippen LogP contribution in [0.5, 0.6) is 5.75 Å². The van der Waals surface area contributed by atoms with Crippen LogP contribution in [-0.4, -0.2) is 27.4 Å². The number of aliphatic hydroxyl groups is 1. The molecule has 124 valence electrons. The van der Waals surface area contributed by atoms with Crippen LogP contribution in [0.25, 0.3) is 10.2 Å². The summed E-state index contributed by atoms with van der Waals surface area (Å²) in [5.41, 5.74) is 0.866. The van der Waals surface area contributed by atoms with E-state index in [2.05, 4.69) is 11.6 Å². The molecule has 0 aliphatic heterocycles. The zero-order valence-corrected chi connectivity index (χ0v) is 13.9. The quantitative estimate of drug-likeness (QED) is 0.671. The van der Waals surface area contributed by atoms with Gasteiger partial charge in [-0.15, -0.1) is 17.9 Å². The second-order valence-corrected chi connectivity index (χ2v) is 6.30. The molecule has 0 bridgehead atoms. The standard InChI is InChI=1S/C18H18N2O3S/c1-2-5-13-6-3-4-7-16(13)23-11-14(21)10-20-12-19-17-15(18(20)22)8-9-24-17/h2-4,6-9,12,14,21H,1,5,10-11H2/t14-/m1/s1. The number of hydrogen-bond donors (Lipinski definition) is 1. The van der Waals surface area contributed by atoms with E-state index < -0.39 is 6.10 Å². The lowest BCUT2D eigenvalue weighted by Crippen LogP contribution is -2.30. The first kappa shape index (κ1) is 16.4. The molecule has 3 rings (SSSR count). The number of ether oxygens (including phenoxy) is 1. The third-order valence-electron chi connectivity index (χ3n) is 3.63. The van der Waals surface area contributed by atoms with E-state index >= 15 is 0 Å². The molecule has 0 aliphatic carbocycles. The molecule has 5 nitrogen and oxygen atoms in total. The number of allylic oxidation sites excluding steroid dienone is 1. The van der Waals surface area contributed by atoms with Crippen LogP contribution < -0.4 is 10.3 Å². The predicted octanol–water partition coefficient (Wildman–Crippen LogP) is 2.63. The average Bonchev–Trinajstić information content (AvgIpc) is 3.06. The minimum atomic E-state index is -0.808. The Morgan fingerprint density at radius 2 is 2.21 bits per heavy atom. The average molecular weight is 342 g/mol. The summed E-state index contributed by atoms with van der Waals surface area (Å²) < 4.78 is 7.12.